The molecule has 0 radical (unpaired) electrons. The van der Waals surface area contributed by atoms with Gasteiger partial charge in [0, 0.05) is 32.5 Å². The van der Waals surface area contributed by atoms with Gasteiger partial charge in [-0.15, -0.1) is 0 Å². The van der Waals surface area contributed by atoms with E-state index in [-0.39, 0.29) is 6.42 Å². The Labute approximate surface area is 157 Å². The fourth-order valence-electron chi connectivity index (χ4n) is 2.62. The van der Waals surface area contributed by atoms with E-state index in [4.69, 9.17) is 18.9 Å². The number of hydrogen-bond donors (Lipinski definition) is 1. The van der Waals surface area contributed by atoms with Gasteiger partial charge in [-0.2, -0.15) is 0 Å². The number of aromatic amines is 1. The molecule has 0 amide bonds. The van der Waals surface area contributed by atoms with E-state index >= 15 is 4.39 Å². The Bertz CT molecular complexity index is 879. The Balaban J connectivity index is 2.49. The summed E-state index contributed by atoms with van der Waals surface area (Å²) in [5, 5.41) is 0. The summed E-state index contributed by atoms with van der Waals surface area (Å²) in [6, 6.07) is 0.964. The molecule has 1 aliphatic heterocycles. The van der Waals surface area contributed by atoms with Gasteiger partial charge in [-0.25, -0.2) is 9.18 Å². The van der Waals surface area contributed by atoms with E-state index in [0.29, 0.717) is 0 Å². The Morgan fingerprint density at radius 1 is 1.25 bits per heavy atom. The number of aromatic nitrogens is 2. The van der Waals surface area contributed by atoms with Crippen LogP contribution in [-0.4, -0.2) is 52.1 Å². The lowest BCUT2D eigenvalue weighted by Gasteiger charge is -2.26. The van der Waals surface area contributed by atoms with Gasteiger partial charge in [0.2, 0.25) is 6.10 Å². The lowest BCUT2D eigenvalue weighted by Crippen LogP contribution is -2.47. The topological polar surface area (TPSA) is 143 Å². The largest absolute Gasteiger partial charge is 0.459 e. The van der Waals surface area contributed by atoms with E-state index < -0.39 is 60.1 Å². The fraction of sp³-hybridized carbons (Fsp3) is 0.562. The van der Waals surface area contributed by atoms with Gasteiger partial charge >= 0.3 is 23.6 Å². The molecule has 0 unspecified atom stereocenters. The number of H-pyrrole nitrogens is 1. The molecular formula is C16H19FN2O9. The zero-order valence-corrected chi connectivity index (χ0v) is 15.3. The summed E-state index contributed by atoms with van der Waals surface area (Å²) in [5.41, 5.74) is -1.70. The van der Waals surface area contributed by atoms with Gasteiger partial charge in [0.25, 0.3) is 11.4 Å². The minimum atomic E-state index is -2.92. The first kappa shape index (κ1) is 21.3. The third kappa shape index (κ3) is 4.63. The van der Waals surface area contributed by atoms with Crippen LogP contribution in [0, 0.1) is 0 Å². The van der Waals surface area contributed by atoms with Gasteiger partial charge in [0.15, 0.2) is 18.9 Å². The lowest BCUT2D eigenvalue weighted by atomic mass is 10.1. The predicted octanol–water partition coefficient (Wildman–Crippen LogP) is -0.452. The summed E-state index contributed by atoms with van der Waals surface area (Å²) in [6.07, 6.45) is -4.11. The van der Waals surface area contributed by atoms with Crippen molar-refractivity contribution in [2.24, 2.45) is 0 Å². The van der Waals surface area contributed by atoms with Crippen LogP contribution in [0.25, 0.3) is 0 Å². The quantitative estimate of drug-likeness (QED) is 0.494. The fourth-order valence-corrected chi connectivity index (χ4v) is 2.62. The minimum absolute atomic E-state index is 0.0511. The molecule has 1 aliphatic rings. The Morgan fingerprint density at radius 3 is 2.43 bits per heavy atom. The van der Waals surface area contributed by atoms with Crippen molar-refractivity contribution >= 4 is 17.9 Å². The third-order valence-electron chi connectivity index (χ3n) is 3.76. The van der Waals surface area contributed by atoms with Crippen LogP contribution in [0.4, 0.5) is 4.39 Å². The van der Waals surface area contributed by atoms with E-state index in [9.17, 15) is 24.0 Å². The monoisotopic (exact) mass is 402 g/mol. The van der Waals surface area contributed by atoms with Crippen LogP contribution in [-0.2, 0) is 33.3 Å². The van der Waals surface area contributed by atoms with Crippen molar-refractivity contribution in [3.63, 3.8) is 0 Å². The molecule has 0 spiro atoms. The molecule has 28 heavy (non-hydrogen) atoms. The van der Waals surface area contributed by atoms with Crippen LogP contribution in [0.5, 0.6) is 0 Å². The number of nitrogens with one attached hydrogen (secondary N) is 1. The highest BCUT2D eigenvalue weighted by Gasteiger charge is 2.62. The highest BCUT2D eigenvalue weighted by Crippen LogP contribution is 2.41. The van der Waals surface area contributed by atoms with Crippen molar-refractivity contribution in [2.45, 2.75) is 51.5 Å². The minimum Gasteiger partial charge on any atom is -0.459 e. The average Bonchev–Trinajstić information content (AvgIpc) is 2.85. The van der Waals surface area contributed by atoms with Gasteiger partial charge in [-0.05, 0) is 0 Å². The van der Waals surface area contributed by atoms with Gasteiger partial charge in [0.1, 0.15) is 0 Å². The number of hydrogen-bond acceptors (Lipinski definition) is 9. The summed E-state index contributed by atoms with van der Waals surface area (Å²) < 4.78 is 36.2. The van der Waals surface area contributed by atoms with Crippen molar-refractivity contribution in [3.05, 3.63) is 33.1 Å². The summed E-state index contributed by atoms with van der Waals surface area (Å²) in [4.78, 5) is 59.7. The maximum absolute atomic E-state index is 15.5. The normalized spacial score (nSPS) is 26.5. The Morgan fingerprint density at radius 2 is 1.89 bits per heavy atom. The molecule has 1 N–H and O–H groups in total. The number of ether oxygens (including phenoxy) is 4. The summed E-state index contributed by atoms with van der Waals surface area (Å²) in [6.45, 7) is 2.51. The van der Waals surface area contributed by atoms with Crippen molar-refractivity contribution < 1.29 is 37.7 Å². The highest BCUT2D eigenvalue weighted by molar-refractivity contribution is 5.69. The summed E-state index contributed by atoms with van der Waals surface area (Å²) in [7, 11) is 0. The molecule has 12 heteroatoms. The molecule has 1 aromatic heterocycles. The van der Waals surface area contributed by atoms with E-state index in [2.05, 4.69) is 0 Å². The van der Waals surface area contributed by atoms with E-state index in [1.165, 1.54) is 6.92 Å². The van der Waals surface area contributed by atoms with E-state index in [1.54, 1.807) is 0 Å². The number of nitrogens with zero attached hydrogens (tertiary/aromatic N) is 1. The van der Waals surface area contributed by atoms with Gasteiger partial charge in [-0.1, -0.05) is 6.92 Å². The number of halogens is 1. The second-order valence-electron chi connectivity index (χ2n) is 5.93. The molecule has 1 saturated heterocycles. The molecular weight excluding hydrogens is 383 g/mol. The number of rotatable bonds is 6. The maximum atomic E-state index is 15.5. The van der Waals surface area contributed by atoms with Crippen molar-refractivity contribution in [3.8, 4) is 0 Å². The van der Waals surface area contributed by atoms with Crippen molar-refractivity contribution in [1.82, 2.24) is 9.55 Å². The van der Waals surface area contributed by atoms with Crippen LogP contribution >= 0.6 is 0 Å². The number of carbonyl (C=O) groups is 3. The summed E-state index contributed by atoms with van der Waals surface area (Å²) >= 11 is 0. The molecule has 2 rings (SSSR count). The summed E-state index contributed by atoms with van der Waals surface area (Å²) in [5.74, 6) is -5.47. The zero-order valence-electron chi connectivity index (χ0n) is 15.3. The SMILES string of the molecule is CCC(=O)OC[C@@]1(F)O[C@@H](n2ccc(=O)[nH]c2=O)[C@H](OC(C)=O)[C@@H]1OC(C)=O. The lowest BCUT2D eigenvalue weighted by molar-refractivity contribution is -0.223. The molecule has 1 aromatic rings. The number of esters is 3. The van der Waals surface area contributed by atoms with Crippen LogP contribution < -0.4 is 11.2 Å². The molecule has 0 bridgehead atoms. The maximum Gasteiger partial charge on any atom is 0.330 e. The molecule has 2 heterocycles. The van der Waals surface area contributed by atoms with Crippen molar-refractivity contribution in [1.29, 1.82) is 0 Å². The predicted molar refractivity (Wildman–Crippen MR) is 87.6 cm³/mol. The van der Waals surface area contributed by atoms with Gasteiger partial charge in [-0.3, -0.25) is 28.7 Å². The second kappa shape index (κ2) is 8.33. The van der Waals surface area contributed by atoms with Crippen LogP contribution in [0.15, 0.2) is 21.9 Å². The van der Waals surface area contributed by atoms with Crippen LogP contribution in [0.3, 0.4) is 0 Å². The highest BCUT2D eigenvalue weighted by atomic mass is 19.2. The molecule has 0 saturated carbocycles. The number of alkyl halides is 1. The van der Waals surface area contributed by atoms with Crippen LogP contribution in [0.1, 0.15) is 33.4 Å². The van der Waals surface area contributed by atoms with Gasteiger partial charge in [0.05, 0.1) is 0 Å². The molecule has 0 aliphatic carbocycles. The van der Waals surface area contributed by atoms with Crippen molar-refractivity contribution in [2.75, 3.05) is 6.61 Å². The standard InChI is InChI=1S/C16H19FN2O9/c1-4-11(23)25-7-16(17)13(27-9(3)21)12(26-8(2)20)14(28-16)19-6-5-10(22)18-15(19)24/h5-6,12-14H,4,7H2,1-3H3,(H,18,22,24)/t12-,13+,14-,16-/m1/s1. The molecule has 0 aromatic carbocycles. The Hall–Kier alpha value is -3.02. The second-order valence-corrected chi connectivity index (χ2v) is 5.93. The Kier molecular flexibility index (Phi) is 6.33. The smallest absolute Gasteiger partial charge is 0.330 e. The molecule has 1 fully saturated rings. The average molecular weight is 402 g/mol. The molecule has 11 nitrogen and oxygen atoms in total. The zero-order chi connectivity index (χ0) is 21.1. The van der Waals surface area contributed by atoms with E-state index in [0.717, 1.165) is 30.7 Å². The van der Waals surface area contributed by atoms with E-state index in [1.807, 2.05) is 4.98 Å². The first-order valence-corrected chi connectivity index (χ1v) is 8.25. The molecule has 4 atom stereocenters. The molecule has 154 valence electrons. The first-order valence-electron chi connectivity index (χ1n) is 8.25. The van der Waals surface area contributed by atoms with Crippen LogP contribution in [0.2, 0.25) is 0 Å². The first-order chi connectivity index (χ1) is 13.1. The van der Waals surface area contributed by atoms with Gasteiger partial charge < -0.3 is 18.9 Å². The number of carbonyl (C=O) groups excluding carboxylic acids is 3. The third-order valence-corrected chi connectivity index (χ3v) is 3.76.